The van der Waals surface area contributed by atoms with Gasteiger partial charge in [0.15, 0.2) is 0 Å². The summed E-state index contributed by atoms with van der Waals surface area (Å²) in [5.74, 6) is 2.14. The van der Waals surface area contributed by atoms with Crippen LogP contribution in [0.5, 0.6) is 17.2 Å². The molecule has 9 nitrogen and oxygen atoms in total. The molecule has 3 atom stereocenters. The summed E-state index contributed by atoms with van der Waals surface area (Å²) >= 11 is 0. The molecule has 0 unspecified atom stereocenters. The number of ether oxygens (including phenoxy) is 2. The predicted octanol–water partition coefficient (Wildman–Crippen LogP) is 6.21. The normalized spacial score (nSPS) is 19.7. The van der Waals surface area contributed by atoms with E-state index in [-0.39, 0.29) is 49.1 Å². The predicted molar refractivity (Wildman–Crippen MR) is 180 cm³/mol. The summed E-state index contributed by atoms with van der Waals surface area (Å²) in [6.45, 7) is 5.64. The van der Waals surface area contributed by atoms with Crippen LogP contribution in [0.4, 0.5) is 10.5 Å². The molecule has 3 aromatic rings. The van der Waals surface area contributed by atoms with Gasteiger partial charge in [0.25, 0.3) is 0 Å². The second-order valence-corrected chi connectivity index (χ2v) is 12.9. The van der Waals surface area contributed by atoms with Crippen LogP contribution in [0.2, 0.25) is 0 Å². The van der Waals surface area contributed by atoms with E-state index >= 15 is 0 Å². The first-order chi connectivity index (χ1) is 22.3. The molecule has 9 heteroatoms. The zero-order valence-electron chi connectivity index (χ0n) is 27.3. The summed E-state index contributed by atoms with van der Waals surface area (Å²) in [6.07, 6.45) is 5.39. The molecule has 0 radical (unpaired) electrons. The molecule has 246 valence electrons. The first-order valence-corrected chi connectivity index (χ1v) is 16.5. The van der Waals surface area contributed by atoms with Crippen molar-refractivity contribution in [3.63, 3.8) is 0 Å². The van der Waals surface area contributed by atoms with Gasteiger partial charge in [-0.25, -0.2) is 4.79 Å². The fraction of sp³-hybridized carbons (Fsp3) is 0.459. The first kappa shape index (κ1) is 33.3. The smallest absolute Gasteiger partial charge is 0.319 e. The molecule has 1 aliphatic heterocycles. The van der Waals surface area contributed by atoms with Gasteiger partial charge in [-0.3, -0.25) is 9.69 Å². The quantitative estimate of drug-likeness (QED) is 0.247. The number of aliphatic hydroxyl groups excluding tert-OH is 1. The maximum absolute atomic E-state index is 13.6. The molecular weight excluding hydrogens is 580 g/mol. The molecule has 1 aliphatic carbocycles. The highest BCUT2D eigenvalue weighted by Crippen LogP contribution is 2.30. The number of likely N-dealkylation sites (N-methyl/N-ethyl adjacent to an activating group) is 1. The highest BCUT2D eigenvalue weighted by atomic mass is 16.5. The lowest BCUT2D eigenvalue weighted by molar-refractivity contribution is -0.134. The summed E-state index contributed by atoms with van der Waals surface area (Å²) in [5, 5.41) is 16.0. The van der Waals surface area contributed by atoms with Gasteiger partial charge in [0, 0.05) is 42.8 Å². The van der Waals surface area contributed by atoms with Crippen LogP contribution < -0.4 is 20.1 Å². The zero-order chi connectivity index (χ0) is 32.5. The number of hydrogen-bond donors (Lipinski definition) is 3. The lowest BCUT2D eigenvalue weighted by Crippen LogP contribution is -2.47. The minimum Gasteiger partial charge on any atom is -0.488 e. The Hall–Kier alpha value is -4.08. The highest BCUT2D eigenvalue weighted by Gasteiger charge is 2.31. The molecule has 46 heavy (non-hydrogen) atoms. The van der Waals surface area contributed by atoms with Gasteiger partial charge in [-0.1, -0.05) is 56.5 Å². The third kappa shape index (κ3) is 9.23. The molecule has 2 aliphatic rings. The Morgan fingerprint density at radius 1 is 1.04 bits per heavy atom. The van der Waals surface area contributed by atoms with E-state index in [9.17, 15) is 14.7 Å². The van der Waals surface area contributed by atoms with Crippen LogP contribution >= 0.6 is 0 Å². The molecule has 0 aromatic heterocycles. The number of carbonyl (C=O) groups is 2. The number of hydrogen-bond acceptors (Lipinski definition) is 6. The van der Waals surface area contributed by atoms with Crippen molar-refractivity contribution >= 4 is 17.6 Å². The maximum atomic E-state index is 13.6. The molecule has 0 spiro atoms. The standard InChI is InChI=1S/C37H48N4O5/c1-26-22-41(27(2)25-42)36(43)21-29-20-31(39-37(44)38-30-10-6-4-7-11-30)16-19-34(29)46-35(26)24-40(3)23-28-14-17-33(18-15-28)45-32-12-8-5-9-13-32/h5,8-9,12-20,26-27,30,35,42H,4,6-7,10-11,21-25H2,1-3H3,(H2,38,39,44)/t26-,27-,35+/m0/s1. The zero-order valence-corrected chi connectivity index (χ0v) is 27.3. The molecule has 3 N–H and O–H groups in total. The molecular formula is C37H48N4O5. The van der Waals surface area contributed by atoms with Crippen molar-refractivity contribution in [1.82, 2.24) is 15.1 Å². The number of benzene rings is 3. The Morgan fingerprint density at radius 2 is 1.76 bits per heavy atom. The number of nitrogens with one attached hydrogen (secondary N) is 2. The van der Waals surface area contributed by atoms with Crippen molar-refractivity contribution in [3.8, 4) is 17.2 Å². The number of rotatable bonds is 10. The Balaban J connectivity index is 1.28. The summed E-state index contributed by atoms with van der Waals surface area (Å²) in [6, 6.07) is 23.0. The molecule has 1 fully saturated rings. The average Bonchev–Trinajstić information content (AvgIpc) is 3.09. The van der Waals surface area contributed by atoms with Gasteiger partial charge in [0.1, 0.15) is 23.4 Å². The van der Waals surface area contributed by atoms with Gasteiger partial charge >= 0.3 is 6.03 Å². The van der Waals surface area contributed by atoms with Gasteiger partial charge in [-0.15, -0.1) is 0 Å². The molecule has 1 heterocycles. The Morgan fingerprint density at radius 3 is 2.48 bits per heavy atom. The van der Waals surface area contributed by atoms with Crippen molar-refractivity contribution in [1.29, 1.82) is 0 Å². The van der Waals surface area contributed by atoms with Crippen LogP contribution in [0.15, 0.2) is 72.8 Å². The van der Waals surface area contributed by atoms with Crippen molar-refractivity contribution < 1.29 is 24.2 Å². The van der Waals surface area contributed by atoms with Crippen LogP contribution in [-0.4, -0.2) is 71.8 Å². The third-order valence-electron chi connectivity index (χ3n) is 8.96. The molecule has 3 amide bonds. The summed E-state index contributed by atoms with van der Waals surface area (Å²) in [5.41, 5.74) is 2.48. The van der Waals surface area contributed by atoms with E-state index in [4.69, 9.17) is 9.47 Å². The summed E-state index contributed by atoms with van der Waals surface area (Å²) in [4.78, 5) is 30.3. The van der Waals surface area contributed by atoms with Crippen LogP contribution in [0.1, 0.15) is 57.1 Å². The monoisotopic (exact) mass is 628 g/mol. The number of aliphatic hydroxyl groups is 1. The van der Waals surface area contributed by atoms with E-state index in [0.717, 1.165) is 42.7 Å². The number of nitrogens with zero attached hydrogens (tertiary/aromatic N) is 2. The largest absolute Gasteiger partial charge is 0.488 e. The lowest BCUT2D eigenvalue weighted by Gasteiger charge is -2.34. The van der Waals surface area contributed by atoms with Crippen LogP contribution in [0, 0.1) is 5.92 Å². The molecule has 5 rings (SSSR count). The van der Waals surface area contributed by atoms with Crippen LogP contribution in [-0.2, 0) is 17.8 Å². The van der Waals surface area contributed by atoms with Crippen molar-refractivity contribution in [2.75, 3.05) is 32.1 Å². The number of anilines is 1. The van der Waals surface area contributed by atoms with Gasteiger partial charge in [0.2, 0.25) is 5.91 Å². The van der Waals surface area contributed by atoms with Crippen LogP contribution in [0.3, 0.4) is 0 Å². The fourth-order valence-corrected chi connectivity index (χ4v) is 6.30. The van der Waals surface area contributed by atoms with Crippen molar-refractivity contribution in [2.45, 2.75) is 77.1 Å². The highest BCUT2D eigenvalue weighted by molar-refractivity contribution is 5.90. The Bertz CT molecular complexity index is 1430. The molecule has 3 aromatic carbocycles. The topological polar surface area (TPSA) is 103 Å². The van der Waals surface area contributed by atoms with Gasteiger partial charge < -0.3 is 30.1 Å². The first-order valence-electron chi connectivity index (χ1n) is 16.5. The second kappa shape index (κ2) is 16.0. The van der Waals surface area contributed by atoms with Crippen molar-refractivity contribution in [3.05, 3.63) is 83.9 Å². The van der Waals surface area contributed by atoms with E-state index in [1.165, 1.54) is 6.42 Å². The third-order valence-corrected chi connectivity index (χ3v) is 8.96. The number of amides is 3. The summed E-state index contributed by atoms with van der Waals surface area (Å²) in [7, 11) is 2.06. The Kier molecular flexibility index (Phi) is 11.5. The number of urea groups is 1. The van der Waals surface area contributed by atoms with E-state index in [1.54, 1.807) is 4.90 Å². The van der Waals surface area contributed by atoms with E-state index in [1.807, 2.05) is 67.6 Å². The van der Waals surface area contributed by atoms with Gasteiger partial charge in [-0.05, 0) is 74.8 Å². The number of carbonyl (C=O) groups excluding carboxylic acids is 2. The number of fused-ring (bicyclic) bond motifs is 1. The average molecular weight is 629 g/mol. The molecule has 0 bridgehead atoms. The SMILES string of the molecule is C[C@H]1CN([C@@H](C)CO)C(=O)Cc2cc(NC(=O)NC3CCCCC3)ccc2O[C@@H]1CN(C)Cc1ccc(Oc2ccccc2)cc1. The molecule has 0 saturated heterocycles. The van der Waals surface area contributed by atoms with E-state index < -0.39 is 0 Å². The van der Waals surface area contributed by atoms with Gasteiger partial charge in [0.05, 0.1) is 19.1 Å². The minimum atomic E-state index is -0.325. The summed E-state index contributed by atoms with van der Waals surface area (Å²) < 4.78 is 12.6. The van der Waals surface area contributed by atoms with E-state index in [0.29, 0.717) is 36.6 Å². The molecule has 1 saturated carbocycles. The fourth-order valence-electron chi connectivity index (χ4n) is 6.30. The van der Waals surface area contributed by atoms with E-state index in [2.05, 4.69) is 41.6 Å². The minimum absolute atomic E-state index is 0.00734. The number of para-hydroxylation sites is 1. The van der Waals surface area contributed by atoms with Gasteiger partial charge in [-0.2, -0.15) is 0 Å². The van der Waals surface area contributed by atoms with Crippen LogP contribution in [0.25, 0.3) is 0 Å². The maximum Gasteiger partial charge on any atom is 0.319 e. The lowest BCUT2D eigenvalue weighted by atomic mass is 9.96. The Labute approximate surface area is 272 Å². The second-order valence-electron chi connectivity index (χ2n) is 12.9. The van der Waals surface area contributed by atoms with Crippen molar-refractivity contribution in [2.24, 2.45) is 5.92 Å².